The summed E-state index contributed by atoms with van der Waals surface area (Å²) in [4.78, 5) is 0. The van der Waals surface area contributed by atoms with Crippen molar-refractivity contribution in [2.75, 3.05) is 13.7 Å². The molecule has 2 N–H and O–H groups in total. The number of hydrogen-bond donors (Lipinski definition) is 2. The Morgan fingerprint density at radius 3 is 2.72 bits per heavy atom. The molecule has 0 aliphatic carbocycles. The molecule has 0 aliphatic heterocycles. The fraction of sp³-hybridized carbons (Fsp3) is 0.353. The topological polar surface area (TPSA) is 63.5 Å². The second kappa shape index (κ2) is 8.68. The van der Waals surface area contributed by atoms with Gasteiger partial charge in [0.15, 0.2) is 5.11 Å². The highest BCUT2D eigenvalue weighted by molar-refractivity contribution is 7.80. The van der Waals surface area contributed by atoms with Gasteiger partial charge in [0, 0.05) is 18.7 Å². The van der Waals surface area contributed by atoms with E-state index in [1.807, 2.05) is 20.8 Å². The van der Waals surface area contributed by atoms with Crippen molar-refractivity contribution in [1.82, 2.24) is 20.5 Å². The number of halogens is 1. The van der Waals surface area contributed by atoms with E-state index in [0.717, 1.165) is 22.6 Å². The number of aromatic nitrogens is 2. The fourth-order valence-corrected chi connectivity index (χ4v) is 2.63. The van der Waals surface area contributed by atoms with Gasteiger partial charge in [-0.2, -0.15) is 10.2 Å². The molecule has 8 heteroatoms. The Bertz CT molecular complexity index is 757. The maximum Gasteiger partial charge on any atom is 0.187 e. The molecule has 0 amide bonds. The summed E-state index contributed by atoms with van der Waals surface area (Å²) in [6.07, 6.45) is 1.67. The van der Waals surface area contributed by atoms with Crippen LogP contribution >= 0.6 is 12.2 Å². The van der Waals surface area contributed by atoms with Gasteiger partial charge in [0.2, 0.25) is 0 Å². The Morgan fingerprint density at radius 2 is 2.08 bits per heavy atom. The summed E-state index contributed by atoms with van der Waals surface area (Å²) in [7, 11) is 1.64. The van der Waals surface area contributed by atoms with E-state index < -0.39 is 0 Å². The van der Waals surface area contributed by atoms with Crippen LogP contribution in [0.3, 0.4) is 0 Å². The lowest BCUT2D eigenvalue weighted by Gasteiger charge is -2.13. The SMILES string of the molecule is COC[C@@H](C)NC(=S)N/N=C\c1c(C)nn(-c2ccc(F)cc2)c1C. The van der Waals surface area contributed by atoms with Crippen molar-refractivity contribution >= 4 is 23.5 Å². The predicted molar refractivity (Wildman–Crippen MR) is 101 cm³/mol. The molecule has 0 saturated heterocycles. The van der Waals surface area contributed by atoms with E-state index in [4.69, 9.17) is 17.0 Å². The lowest BCUT2D eigenvalue weighted by atomic mass is 10.2. The molecule has 0 fully saturated rings. The summed E-state index contributed by atoms with van der Waals surface area (Å²) in [5.41, 5.74) is 6.17. The summed E-state index contributed by atoms with van der Waals surface area (Å²) >= 11 is 5.17. The van der Waals surface area contributed by atoms with Gasteiger partial charge in [0.1, 0.15) is 5.82 Å². The number of nitrogens with zero attached hydrogens (tertiary/aromatic N) is 3. The summed E-state index contributed by atoms with van der Waals surface area (Å²) in [6, 6.07) is 6.28. The molecule has 134 valence electrons. The number of hydrogen-bond acceptors (Lipinski definition) is 4. The summed E-state index contributed by atoms with van der Waals surface area (Å²) in [5, 5.41) is 12.1. The molecule has 6 nitrogen and oxygen atoms in total. The van der Waals surface area contributed by atoms with Gasteiger partial charge in [-0.05, 0) is 57.3 Å². The third kappa shape index (κ3) is 5.07. The van der Waals surface area contributed by atoms with Crippen LogP contribution in [0.15, 0.2) is 29.4 Å². The average molecular weight is 363 g/mol. The molecule has 0 spiro atoms. The monoisotopic (exact) mass is 363 g/mol. The van der Waals surface area contributed by atoms with Crippen molar-refractivity contribution < 1.29 is 9.13 Å². The van der Waals surface area contributed by atoms with E-state index in [1.165, 1.54) is 12.1 Å². The standard InChI is InChI=1S/C17H22FN5OS/c1-11(10-24-4)20-17(25)21-19-9-16-12(2)22-23(13(16)3)15-7-5-14(18)6-8-15/h5-9,11H,10H2,1-4H3,(H2,20,21,25)/b19-9-/t11-/m1/s1. The van der Waals surface area contributed by atoms with E-state index in [1.54, 1.807) is 30.1 Å². The molecule has 0 saturated carbocycles. The minimum atomic E-state index is -0.278. The zero-order valence-electron chi connectivity index (χ0n) is 14.7. The van der Waals surface area contributed by atoms with E-state index >= 15 is 0 Å². The number of nitrogens with one attached hydrogen (secondary N) is 2. The molecule has 1 aromatic carbocycles. The molecule has 0 unspecified atom stereocenters. The lowest BCUT2D eigenvalue weighted by Crippen LogP contribution is -2.40. The van der Waals surface area contributed by atoms with Crippen molar-refractivity contribution in [1.29, 1.82) is 0 Å². The van der Waals surface area contributed by atoms with E-state index in [-0.39, 0.29) is 11.9 Å². The van der Waals surface area contributed by atoms with Crippen molar-refractivity contribution in [2.45, 2.75) is 26.8 Å². The van der Waals surface area contributed by atoms with Crippen molar-refractivity contribution in [3.8, 4) is 5.69 Å². The van der Waals surface area contributed by atoms with Crippen LogP contribution in [0.1, 0.15) is 23.9 Å². The Kier molecular flexibility index (Phi) is 6.60. The molecular formula is C17H22FN5OS. The Hall–Kier alpha value is -2.32. The van der Waals surface area contributed by atoms with Gasteiger partial charge in [-0.25, -0.2) is 9.07 Å². The third-order valence-electron chi connectivity index (χ3n) is 3.57. The minimum absolute atomic E-state index is 0.0879. The molecule has 1 atom stereocenters. The number of methoxy groups -OCH3 is 1. The van der Waals surface area contributed by atoms with Crippen molar-refractivity contribution in [3.05, 3.63) is 47.0 Å². The van der Waals surface area contributed by atoms with Crippen LogP contribution in [0.5, 0.6) is 0 Å². The first kappa shape index (κ1) is 19.0. The van der Waals surface area contributed by atoms with Crippen LogP contribution in [-0.4, -0.2) is 40.9 Å². The van der Waals surface area contributed by atoms with Crippen LogP contribution < -0.4 is 10.7 Å². The van der Waals surface area contributed by atoms with Gasteiger partial charge in [-0.3, -0.25) is 5.43 Å². The minimum Gasteiger partial charge on any atom is -0.383 e. The maximum absolute atomic E-state index is 13.1. The fourth-order valence-electron chi connectivity index (χ4n) is 2.38. The second-order valence-corrected chi connectivity index (χ2v) is 6.08. The van der Waals surface area contributed by atoms with E-state index in [2.05, 4.69) is 20.9 Å². The summed E-state index contributed by atoms with van der Waals surface area (Å²) in [5.74, 6) is -0.278. The zero-order chi connectivity index (χ0) is 18.4. The van der Waals surface area contributed by atoms with Crippen LogP contribution in [0.4, 0.5) is 4.39 Å². The molecule has 1 heterocycles. The van der Waals surface area contributed by atoms with Crippen molar-refractivity contribution in [3.63, 3.8) is 0 Å². The highest BCUT2D eigenvalue weighted by Gasteiger charge is 2.11. The Balaban J connectivity index is 2.07. The molecule has 2 aromatic rings. The number of aryl methyl sites for hydroxylation is 1. The van der Waals surface area contributed by atoms with Crippen LogP contribution in [0.2, 0.25) is 0 Å². The third-order valence-corrected chi connectivity index (χ3v) is 3.78. The Labute approximate surface area is 152 Å². The molecular weight excluding hydrogens is 341 g/mol. The molecule has 2 rings (SSSR count). The second-order valence-electron chi connectivity index (χ2n) is 5.67. The molecule has 25 heavy (non-hydrogen) atoms. The van der Waals surface area contributed by atoms with Gasteiger partial charge in [0.25, 0.3) is 0 Å². The number of rotatable bonds is 6. The molecule has 1 aromatic heterocycles. The number of hydrazone groups is 1. The number of thiocarbonyl (C=S) groups is 1. The van der Waals surface area contributed by atoms with Crippen LogP contribution in [-0.2, 0) is 4.74 Å². The van der Waals surface area contributed by atoms with Crippen LogP contribution in [0, 0.1) is 19.7 Å². The maximum atomic E-state index is 13.1. The van der Waals surface area contributed by atoms with E-state index in [9.17, 15) is 4.39 Å². The van der Waals surface area contributed by atoms with Gasteiger partial charge >= 0.3 is 0 Å². The number of benzene rings is 1. The lowest BCUT2D eigenvalue weighted by molar-refractivity contribution is 0.179. The Morgan fingerprint density at radius 1 is 1.40 bits per heavy atom. The van der Waals surface area contributed by atoms with Gasteiger partial charge in [-0.1, -0.05) is 0 Å². The van der Waals surface area contributed by atoms with Gasteiger partial charge in [0.05, 0.1) is 29.9 Å². The van der Waals surface area contributed by atoms with Crippen LogP contribution in [0.25, 0.3) is 5.69 Å². The van der Waals surface area contributed by atoms with Gasteiger partial charge < -0.3 is 10.1 Å². The highest BCUT2D eigenvalue weighted by atomic mass is 32.1. The molecule has 0 bridgehead atoms. The zero-order valence-corrected chi connectivity index (χ0v) is 15.5. The summed E-state index contributed by atoms with van der Waals surface area (Å²) < 4.78 is 19.9. The summed E-state index contributed by atoms with van der Waals surface area (Å²) in [6.45, 7) is 6.34. The quantitative estimate of drug-likeness (QED) is 0.469. The largest absolute Gasteiger partial charge is 0.383 e. The first-order valence-corrected chi connectivity index (χ1v) is 8.24. The predicted octanol–water partition coefficient (Wildman–Crippen LogP) is 2.46. The van der Waals surface area contributed by atoms with Gasteiger partial charge in [-0.15, -0.1) is 0 Å². The average Bonchev–Trinajstić information content (AvgIpc) is 2.84. The molecule has 0 radical (unpaired) electrons. The smallest absolute Gasteiger partial charge is 0.187 e. The molecule has 0 aliphatic rings. The normalized spacial score (nSPS) is 12.4. The number of ether oxygens (including phenoxy) is 1. The van der Waals surface area contributed by atoms with E-state index in [0.29, 0.717) is 11.7 Å². The first-order valence-electron chi connectivity index (χ1n) is 7.83. The highest BCUT2D eigenvalue weighted by Crippen LogP contribution is 2.16. The first-order chi connectivity index (χ1) is 11.9. The van der Waals surface area contributed by atoms with Crippen molar-refractivity contribution in [2.24, 2.45) is 5.10 Å².